The second-order valence-corrected chi connectivity index (χ2v) is 11.7. The zero-order valence-corrected chi connectivity index (χ0v) is 23.7. The number of hydrogen-bond acceptors (Lipinski definition) is 5. The molecule has 1 spiro atoms. The summed E-state index contributed by atoms with van der Waals surface area (Å²) in [7, 11) is 1.69. The second kappa shape index (κ2) is 11.8. The predicted octanol–water partition coefficient (Wildman–Crippen LogP) is 2.60. The van der Waals surface area contributed by atoms with Crippen LogP contribution in [-0.2, 0) is 19.1 Å². The van der Waals surface area contributed by atoms with Gasteiger partial charge in [0.15, 0.2) is 0 Å². The second-order valence-electron chi connectivity index (χ2n) is 10.5. The van der Waals surface area contributed by atoms with Crippen LogP contribution in [0.3, 0.4) is 0 Å². The normalized spacial score (nSPS) is 32.2. The van der Waals surface area contributed by atoms with Gasteiger partial charge in [-0.1, -0.05) is 61.7 Å². The fourth-order valence-corrected chi connectivity index (χ4v) is 7.25. The molecule has 3 rings (SSSR count). The van der Waals surface area contributed by atoms with Crippen molar-refractivity contribution in [2.45, 2.75) is 75.1 Å². The van der Waals surface area contributed by atoms with Crippen LogP contribution in [0.1, 0.15) is 46.5 Å². The number of carbonyl (C=O) groups is 3. The van der Waals surface area contributed by atoms with E-state index in [1.807, 2.05) is 13.8 Å². The molecular formula is C27H42BrN3O5. The minimum absolute atomic E-state index is 0.0393. The first-order valence-electron chi connectivity index (χ1n) is 13.1. The Kier molecular flexibility index (Phi) is 9.44. The zero-order chi connectivity index (χ0) is 26.8. The molecule has 0 aromatic heterocycles. The highest BCUT2D eigenvalue weighted by Gasteiger charge is 2.77. The van der Waals surface area contributed by atoms with E-state index in [1.165, 1.54) is 0 Å². The number of halogens is 1. The molecular weight excluding hydrogens is 526 g/mol. The Bertz CT molecular complexity index is 868. The number of alkyl halides is 1. The lowest BCUT2D eigenvalue weighted by Gasteiger charge is -2.41. The molecule has 3 aliphatic heterocycles. The average molecular weight is 569 g/mol. The molecule has 0 aromatic carbocycles. The summed E-state index contributed by atoms with van der Waals surface area (Å²) in [6.07, 6.45) is 5.76. The lowest BCUT2D eigenvalue weighted by atomic mass is 9.70. The molecule has 3 saturated heterocycles. The maximum Gasteiger partial charge on any atom is 0.248 e. The zero-order valence-electron chi connectivity index (χ0n) is 22.1. The fraction of sp³-hybridized carbons (Fsp3) is 0.741. The van der Waals surface area contributed by atoms with Gasteiger partial charge in [-0.2, -0.15) is 0 Å². The number of fused-ring (bicyclic) bond motifs is 1. The standard InChI is InChI=1S/C27H42BrN3O5/c1-7-11-14-30(13-9-3)26(35)23-27-15-18(28)22(36-27)20(24(33)29(6)12-8-2)21(27)25(34)31(23)19(16-32)17(5)10-4/h8-9,17-23,32H,2-3,7,10-16H2,1,4-6H3/t17-,18?,19-,20-,21-,22-,23?,27?/m0/s1. The van der Waals surface area contributed by atoms with E-state index in [4.69, 9.17) is 4.74 Å². The largest absolute Gasteiger partial charge is 0.394 e. The van der Waals surface area contributed by atoms with Crippen LogP contribution in [0.15, 0.2) is 25.3 Å². The van der Waals surface area contributed by atoms with Crippen LogP contribution in [0.4, 0.5) is 0 Å². The Hall–Kier alpha value is -1.71. The number of amides is 3. The van der Waals surface area contributed by atoms with Crippen LogP contribution < -0.4 is 0 Å². The van der Waals surface area contributed by atoms with E-state index in [-0.39, 0.29) is 35.1 Å². The van der Waals surface area contributed by atoms with E-state index >= 15 is 0 Å². The van der Waals surface area contributed by atoms with Crippen LogP contribution in [-0.4, -0.2) is 99.4 Å². The van der Waals surface area contributed by atoms with Crippen molar-refractivity contribution in [1.82, 2.24) is 14.7 Å². The number of aliphatic hydroxyl groups is 1. The molecule has 0 radical (unpaired) electrons. The molecule has 2 bridgehead atoms. The van der Waals surface area contributed by atoms with Gasteiger partial charge in [-0.05, 0) is 18.8 Å². The van der Waals surface area contributed by atoms with Gasteiger partial charge in [-0.25, -0.2) is 0 Å². The number of aliphatic hydroxyl groups excluding tert-OH is 1. The summed E-state index contributed by atoms with van der Waals surface area (Å²) in [5, 5.41) is 10.4. The van der Waals surface area contributed by atoms with Crippen LogP contribution in [0.25, 0.3) is 0 Å². The first kappa shape index (κ1) is 28.9. The Balaban J connectivity index is 2.13. The molecule has 3 amide bonds. The quantitative estimate of drug-likeness (QED) is 0.273. The van der Waals surface area contributed by atoms with Crippen molar-refractivity contribution in [3.8, 4) is 0 Å². The summed E-state index contributed by atoms with van der Waals surface area (Å²) >= 11 is 3.71. The predicted molar refractivity (Wildman–Crippen MR) is 142 cm³/mol. The number of hydrogen-bond donors (Lipinski definition) is 1. The fourth-order valence-electron chi connectivity index (χ4n) is 6.31. The van der Waals surface area contributed by atoms with Crippen molar-refractivity contribution in [2.75, 3.05) is 33.3 Å². The van der Waals surface area contributed by atoms with Crippen molar-refractivity contribution in [1.29, 1.82) is 0 Å². The van der Waals surface area contributed by atoms with E-state index in [2.05, 4.69) is 36.0 Å². The number of carbonyl (C=O) groups excluding carboxylic acids is 3. The summed E-state index contributed by atoms with van der Waals surface area (Å²) in [4.78, 5) is 46.8. The monoisotopic (exact) mass is 567 g/mol. The van der Waals surface area contributed by atoms with Crippen molar-refractivity contribution >= 4 is 33.7 Å². The van der Waals surface area contributed by atoms with Crippen LogP contribution in [0.5, 0.6) is 0 Å². The summed E-state index contributed by atoms with van der Waals surface area (Å²) < 4.78 is 6.60. The first-order valence-corrected chi connectivity index (χ1v) is 14.1. The molecule has 0 aromatic rings. The van der Waals surface area contributed by atoms with Crippen LogP contribution in [0, 0.1) is 17.8 Å². The number of ether oxygens (including phenoxy) is 1. The lowest BCUT2D eigenvalue weighted by Crippen LogP contribution is -2.60. The maximum atomic E-state index is 14.3. The Morgan fingerprint density at radius 3 is 2.50 bits per heavy atom. The summed E-state index contributed by atoms with van der Waals surface area (Å²) in [5.41, 5.74) is -1.13. The summed E-state index contributed by atoms with van der Waals surface area (Å²) in [6, 6.07) is -1.46. The molecule has 8 atom stereocenters. The molecule has 8 nitrogen and oxygen atoms in total. The average Bonchev–Trinajstić information content (AvgIpc) is 3.45. The summed E-state index contributed by atoms with van der Waals surface area (Å²) in [5.74, 6) is -2.18. The van der Waals surface area contributed by atoms with Gasteiger partial charge < -0.3 is 24.5 Å². The Morgan fingerprint density at radius 2 is 1.94 bits per heavy atom. The minimum Gasteiger partial charge on any atom is -0.394 e. The van der Waals surface area contributed by atoms with Crippen molar-refractivity contribution in [3.63, 3.8) is 0 Å². The van der Waals surface area contributed by atoms with Gasteiger partial charge in [0, 0.05) is 31.5 Å². The number of unbranched alkanes of at least 4 members (excludes halogenated alkanes) is 1. The van der Waals surface area contributed by atoms with E-state index in [0.29, 0.717) is 26.1 Å². The number of likely N-dealkylation sites (N-methyl/N-ethyl adjacent to an activating group) is 1. The van der Waals surface area contributed by atoms with E-state index in [1.54, 1.807) is 33.9 Å². The van der Waals surface area contributed by atoms with Gasteiger partial charge in [-0.15, -0.1) is 13.2 Å². The van der Waals surface area contributed by atoms with E-state index < -0.39 is 35.6 Å². The number of nitrogens with zero attached hydrogens (tertiary/aromatic N) is 3. The molecule has 202 valence electrons. The van der Waals surface area contributed by atoms with Gasteiger partial charge in [0.05, 0.1) is 30.6 Å². The molecule has 36 heavy (non-hydrogen) atoms. The molecule has 3 heterocycles. The topological polar surface area (TPSA) is 90.4 Å². The van der Waals surface area contributed by atoms with E-state index in [9.17, 15) is 19.5 Å². The van der Waals surface area contributed by atoms with Crippen molar-refractivity contribution < 1.29 is 24.2 Å². The highest BCUT2D eigenvalue weighted by atomic mass is 79.9. The number of rotatable bonds is 13. The van der Waals surface area contributed by atoms with Crippen molar-refractivity contribution in [3.05, 3.63) is 25.3 Å². The molecule has 3 aliphatic rings. The highest BCUT2D eigenvalue weighted by molar-refractivity contribution is 9.09. The Morgan fingerprint density at radius 1 is 1.28 bits per heavy atom. The molecule has 3 unspecified atom stereocenters. The number of likely N-dealkylation sites (tertiary alicyclic amines) is 1. The molecule has 0 saturated carbocycles. The third kappa shape index (κ3) is 4.67. The van der Waals surface area contributed by atoms with Gasteiger partial charge >= 0.3 is 0 Å². The van der Waals surface area contributed by atoms with Crippen LogP contribution in [0.2, 0.25) is 0 Å². The maximum absolute atomic E-state index is 14.3. The van der Waals surface area contributed by atoms with Gasteiger partial charge in [0.25, 0.3) is 0 Å². The Labute approximate surface area is 223 Å². The first-order chi connectivity index (χ1) is 17.1. The SMILES string of the molecule is C=CCN(C)C(=O)[C@H]1[C@H]2C(=O)N([C@@H](CO)[C@@H](C)CC)C(C(=O)N(CC=C)CCCC)C23CC(Br)[C@@H]1O3. The molecule has 1 N–H and O–H groups in total. The smallest absolute Gasteiger partial charge is 0.248 e. The van der Waals surface area contributed by atoms with Gasteiger partial charge in [-0.3, -0.25) is 14.4 Å². The molecule has 0 aliphatic carbocycles. The molecule has 9 heteroatoms. The third-order valence-corrected chi connectivity index (χ3v) is 9.16. The van der Waals surface area contributed by atoms with Crippen molar-refractivity contribution in [2.24, 2.45) is 17.8 Å². The van der Waals surface area contributed by atoms with Gasteiger partial charge in [0.2, 0.25) is 17.7 Å². The lowest BCUT2D eigenvalue weighted by molar-refractivity contribution is -0.153. The van der Waals surface area contributed by atoms with E-state index in [0.717, 1.165) is 19.3 Å². The molecule has 3 fully saturated rings. The summed E-state index contributed by atoms with van der Waals surface area (Å²) in [6.45, 7) is 14.6. The minimum atomic E-state index is -1.13. The highest BCUT2D eigenvalue weighted by Crippen LogP contribution is 2.61. The van der Waals surface area contributed by atoms with Crippen LogP contribution >= 0.6 is 15.9 Å². The third-order valence-electron chi connectivity index (χ3n) is 8.31. The van der Waals surface area contributed by atoms with Gasteiger partial charge in [0.1, 0.15) is 11.6 Å².